The average molecular weight is 289 g/mol. The number of nitrogens with two attached hydrogens (primary N) is 1. The molecule has 21 heavy (non-hydrogen) atoms. The Bertz CT molecular complexity index is 586. The first kappa shape index (κ1) is 14.8. The molecule has 0 radical (unpaired) electrons. The summed E-state index contributed by atoms with van der Waals surface area (Å²) in [5, 5.41) is 0. The zero-order chi connectivity index (χ0) is 15.2. The fourth-order valence-electron chi connectivity index (χ4n) is 1.54. The first-order valence-electron chi connectivity index (χ1n) is 6.68. The van der Waals surface area contributed by atoms with Crippen molar-refractivity contribution in [2.24, 2.45) is 0 Å². The van der Waals surface area contributed by atoms with Crippen LogP contribution < -0.4 is 20.1 Å². The van der Waals surface area contributed by atoms with E-state index in [1.165, 1.54) is 0 Å². The zero-order valence-corrected chi connectivity index (χ0v) is 12.4. The van der Waals surface area contributed by atoms with Crippen molar-refractivity contribution in [1.29, 1.82) is 0 Å². The van der Waals surface area contributed by atoms with Crippen molar-refractivity contribution in [3.63, 3.8) is 0 Å². The Morgan fingerprint density at radius 1 is 1.05 bits per heavy atom. The second-order valence-corrected chi connectivity index (χ2v) is 4.59. The lowest BCUT2D eigenvalue weighted by molar-refractivity contribution is 0.317. The number of benzene rings is 1. The Balaban J connectivity index is 2.10. The molecule has 1 aromatic heterocycles. The van der Waals surface area contributed by atoms with Crippen LogP contribution in [0.25, 0.3) is 0 Å². The molecule has 0 fully saturated rings. The Labute approximate surface area is 123 Å². The van der Waals surface area contributed by atoms with Crippen LogP contribution in [0.15, 0.2) is 24.3 Å². The SMILES string of the molecule is CCCOc1ccc(Oc2nc(N)nc(N(C)C)n2)cc1. The summed E-state index contributed by atoms with van der Waals surface area (Å²) in [5.41, 5.74) is 5.64. The molecule has 0 amide bonds. The Morgan fingerprint density at radius 2 is 1.71 bits per heavy atom. The number of hydrogen-bond donors (Lipinski definition) is 1. The quantitative estimate of drug-likeness (QED) is 0.871. The van der Waals surface area contributed by atoms with Gasteiger partial charge in [0.25, 0.3) is 0 Å². The summed E-state index contributed by atoms with van der Waals surface area (Å²) in [4.78, 5) is 13.9. The van der Waals surface area contributed by atoms with Crippen molar-refractivity contribution in [2.75, 3.05) is 31.3 Å². The Hall–Kier alpha value is -2.57. The summed E-state index contributed by atoms with van der Waals surface area (Å²) in [7, 11) is 3.64. The maximum atomic E-state index is 5.64. The predicted molar refractivity (Wildman–Crippen MR) is 80.9 cm³/mol. The summed E-state index contributed by atoms with van der Waals surface area (Å²) >= 11 is 0. The molecule has 1 aromatic carbocycles. The molecule has 0 spiro atoms. The summed E-state index contributed by atoms with van der Waals surface area (Å²) in [5.74, 6) is 1.97. The number of nitrogen functional groups attached to an aromatic ring is 1. The van der Waals surface area contributed by atoms with E-state index < -0.39 is 0 Å². The van der Waals surface area contributed by atoms with E-state index in [1.807, 2.05) is 26.2 Å². The van der Waals surface area contributed by atoms with Crippen molar-refractivity contribution in [1.82, 2.24) is 15.0 Å². The van der Waals surface area contributed by atoms with Crippen LogP contribution in [-0.2, 0) is 0 Å². The number of hydrogen-bond acceptors (Lipinski definition) is 7. The van der Waals surface area contributed by atoms with Gasteiger partial charge in [0.1, 0.15) is 11.5 Å². The van der Waals surface area contributed by atoms with E-state index in [1.54, 1.807) is 17.0 Å². The molecule has 0 unspecified atom stereocenters. The van der Waals surface area contributed by atoms with Crippen LogP contribution >= 0.6 is 0 Å². The monoisotopic (exact) mass is 289 g/mol. The number of nitrogens with zero attached hydrogens (tertiary/aromatic N) is 4. The third kappa shape index (κ3) is 4.20. The van der Waals surface area contributed by atoms with Gasteiger partial charge < -0.3 is 20.1 Å². The highest BCUT2D eigenvalue weighted by Crippen LogP contribution is 2.22. The number of aromatic nitrogens is 3. The molecule has 2 aromatic rings. The second-order valence-electron chi connectivity index (χ2n) is 4.59. The van der Waals surface area contributed by atoms with Crippen molar-refractivity contribution >= 4 is 11.9 Å². The van der Waals surface area contributed by atoms with E-state index in [0.717, 1.165) is 12.2 Å². The highest BCUT2D eigenvalue weighted by atomic mass is 16.5. The fraction of sp³-hybridized carbons (Fsp3) is 0.357. The molecule has 2 N–H and O–H groups in total. The molecular weight excluding hydrogens is 270 g/mol. The minimum atomic E-state index is 0.117. The molecule has 0 aliphatic heterocycles. The summed E-state index contributed by atoms with van der Waals surface area (Å²) in [6, 6.07) is 7.42. The van der Waals surface area contributed by atoms with E-state index in [9.17, 15) is 0 Å². The molecule has 112 valence electrons. The smallest absolute Gasteiger partial charge is 0.328 e. The average Bonchev–Trinajstić information content (AvgIpc) is 2.46. The van der Waals surface area contributed by atoms with Crippen LogP contribution in [0, 0.1) is 0 Å². The van der Waals surface area contributed by atoms with Gasteiger partial charge in [0.2, 0.25) is 11.9 Å². The summed E-state index contributed by atoms with van der Waals surface area (Å²) in [6.45, 7) is 2.75. The van der Waals surface area contributed by atoms with E-state index in [4.69, 9.17) is 15.2 Å². The van der Waals surface area contributed by atoms with Gasteiger partial charge in [-0.25, -0.2) is 0 Å². The molecule has 0 saturated carbocycles. The van der Waals surface area contributed by atoms with E-state index in [2.05, 4.69) is 21.9 Å². The minimum absolute atomic E-state index is 0.117. The van der Waals surface area contributed by atoms with Crippen molar-refractivity contribution in [3.8, 4) is 17.5 Å². The van der Waals surface area contributed by atoms with Crippen molar-refractivity contribution in [2.45, 2.75) is 13.3 Å². The van der Waals surface area contributed by atoms with Crippen LogP contribution in [0.4, 0.5) is 11.9 Å². The number of anilines is 2. The standard InChI is InChI=1S/C14H19N5O2/c1-4-9-20-10-5-7-11(8-6-10)21-14-17-12(15)16-13(18-14)19(2)3/h5-8H,4,9H2,1-3H3,(H2,15,16,17,18). The molecule has 7 heteroatoms. The number of rotatable bonds is 6. The van der Waals surface area contributed by atoms with Gasteiger partial charge in [-0.3, -0.25) is 0 Å². The minimum Gasteiger partial charge on any atom is -0.494 e. The van der Waals surface area contributed by atoms with Gasteiger partial charge in [0.15, 0.2) is 0 Å². The normalized spacial score (nSPS) is 10.2. The lowest BCUT2D eigenvalue weighted by Gasteiger charge is -2.11. The molecule has 1 heterocycles. The highest BCUT2D eigenvalue weighted by Gasteiger charge is 2.08. The molecule has 0 aliphatic rings. The van der Waals surface area contributed by atoms with Crippen molar-refractivity contribution in [3.05, 3.63) is 24.3 Å². The first-order chi connectivity index (χ1) is 10.1. The molecule has 7 nitrogen and oxygen atoms in total. The molecule has 2 rings (SSSR count). The summed E-state index contributed by atoms with van der Waals surface area (Å²) in [6.07, 6.45) is 0.968. The maximum absolute atomic E-state index is 5.64. The predicted octanol–water partition coefficient (Wildman–Crippen LogP) is 2.10. The molecule has 0 aliphatic carbocycles. The zero-order valence-electron chi connectivity index (χ0n) is 12.4. The highest BCUT2D eigenvalue weighted by molar-refractivity contribution is 5.36. The van der Waals surface area contributed by atoms with Crippen LogP contribution in [-0.4, -0.2) is 35.7 Å². The van der Waals surface area contributed by atoms with Crippen LogP contribution in [0.5, 0.6) is 17.5 Å². The van der Waals surface area contributed by atoms with Crippen molar-refractivity contribution < 1.29 is 9.47 Å². The maximum Gasteiger partial charge on any atom is 0.328 e. The van der Waals surface area contributed by atoms with Gasteiger partial charge in [0.05, 0.1) is 6.61 Å². The van der Waals surface area contributed by atoms with Gasteiger partial charge in [-0.1, -0.05) is 6.92 Å². The van der Waals surface area contributed by atoms with E-state index in [-0.39, 0.29) is 12.0 Å². The Morgan fingerprint density at radius 3 is 2.33 bits per heavy atom. The second kappa shape index (κ2) is 6.74. The van der Waals surface area contributed by atoms with Gasteiger partial charge in [-0.15, -0.1) is 0 Å². The molecule has 0 atom stereocenters. The van der Waals surface area contributed by atoms with Gasteiger partial charge >= 0.3 is 6.01 Å². The largest absolute Gasteiger partial charge is 0.494 e. The molecule has 0 bridgehead atoms. The third-order valence-electron chi connectivity index (χ3n) is 2.53. The lowest BCUT2D eigenvalue weighted by atomic mass is 10.3. The summed E-state index contributed by atoms with van der Waals surface area (Å²) < 4.78 is 11.1. The third-order valence-corrected chi connectivity index (χ3v) is 2.53. The first-order valence-corrected chi connectivity index (χ1v) is 6.68. The Kier molecular flexibility index (Phi) is 4.76. The van der Waals surface area contributed by atoms with E-state index >= 15 is 0 Å². The fourth-order valence-corrected chi connectivity index (χ4v) is 1.54. The van der Waals surface area contributed by atoms with Gasteiger partial charge in [-0.2, -0.15) is 15.0 Å². The van der Waals surface area contributed by atoms with E-state index in [0.29, 0.717) is 18.3 Å². The van der Waals surface area contributed by atoms with Crippen LogP contribution in [0.1, 0.15) is 13.3 Å². The molecular formula is C14H19N5O2. The number of ether oxygens (including phenoxy) is 2. The molecule has 0 saturated heterocycles. The van der Waals surface area contributed by atoms with Gasteiger partial charge in [-0.05, 0) is 30.7 Å². The topological polar surface area (TPSA) is 86.4 Å². The lowest BCUT2D eigenvalue weighted by Crippen LogP contribution is -2.15. The van der Waals surface area contributed by atoms with Gasteiger partial charge in [0, 0.05) is 14.1 Å². The van der Waals surface area contributed by atoms with Crippen LogP contribution in [0.3, 0.4) is 0 Å². The van der Waals surface area contributed by atoms with Crippen LogP contribution in [0.2, 0.25) is 0 Å².